The lowest BCUT2D eigenvalue weighted by Crippen LogP contribution is -2.39. The molecule has 156 valence electrons. The monoisotopic (exact) mass is 388 g/mol. The summed E-state index contributed by atoms with van der Waals surface area (Å²) in [5.41, 5.74) is 2.65. The highest BCUT2D eigenvalue weighted by atomic mass is 16.5. The Labute approximate surface area is 169 Å². The van der Waals surface area contributed by atoms with Crippen LogP contribution in [0.15, 0.2) is 29.3 Å². The predicted octanol–water partition coefficient (Wildman–Crippen LogP) is 2.34. The van der Waals surface area contributed by atoms with Crippen LogP contribution in [-0.2, 0) is 22.6 Å². The number of hydrogen-bond donors (Lipinski definition) is 1. The van der Waals surface area contributed by atoms with Gasteiger partial charge in [-0.15, -0.1) is 0 Å². The molecule has 0 unspecified atom stereocenters. The Morgan fingerprint density at radius 1 is 1.07 bits per heavy atom. The molecule has 1 N–H and O–H groups in total. The minimum atomic E-state index is 0.785. The van der Waals surface area contributed by atoms with E-state index in [1.54, 1.807) is 0 Å². The second kappa shape index (κ2) is 11.4. The van der Waals surface area contributed by atoms with Crippen LogP contribution in [0.2, 0.25) is 0 Å². The zero-order valence-electron chi connectivity index (χ0n) is 17.5. The van der Waals surface area contributed by atoms with Crippen LogP contribution < -0.4 is 5.32 Å². The SMILES string of the molecule is CN=C(NCc1ccc(CN2CCOCC2)cc1)N(C)CCC1CCOCC1. The van der Waals surface area contributed by atoms with Crippen molar-refractivity contribution in [1.82, 2.24) is 15.1 Å². The van der Waals surface area contributed by atoms with E-state index in [2.05, 4.69) is 51.4 Å². The van der Waals surface area contributed by atoms with Crippen LogP contribution in [0.1, 0.15) is 30.4 Å². The molecule has 2 fully saturated rings. The second-order valence-electron chi connectivity index (χ2n) is 7.87. The first kappa shape index (κ1) is 21.1. The van der Waals surface area contributed by atoms with Crippen molar-refractivity contribution in [1.29, 1.82) is 0 Å². The molecule has 0 amide bonds. The van der Waals surface area contributed by atoms with E-state index < -0.39 is 0 Å². The van der Waals surface area contributed by atoms with Crippen LogP contribution in [0, 0.1) is 5.92 Å². The van der Waals surface area contributed by atoms with Gasteiger partial charge in [0.1, 0.15) is 0 Å². The zero-order valence-corrected chi connectivity index (χ0v) is 17.5. The molecular weight excluding hydrogens is 352 g/mol. The highest BCUT2D eigenvalue weighted by molar-refractivity contribution is 5.79. The lowest BCUT2D eigenvalue weighted by molar-refractivity contribution is 0.0342. The summed E-state index contributed by atoms with van der Waals surface area (Å²) < 4.78 is 10.9. The Hall–Kier alpha value is -1.63. The number of benzene rings is 1. The van der Waals surface area contributed by atoms with Gasteiger partial charge in [-0.1, -0.05) is 24.3 Å². The van der Waals surface area contributed by atoms with Crippen LogP contribution in [0.3, 0.4) is 0 Å². The van der Waals surface area contributed by atoms with Gasteiger partial charge in [0, 0.05) is 60.0 Å². The van der Waals surface area contributed by atoms with Gasteiger partial charge in [-0.2, -0.15) is 0 Å². The summed E-state index contributed by atoms with van der Waals surface area (Å²) in [6.45, 7) is 8.43. The van der Waals surface area contributed by atoms with E-state index in [0.717, 1.165) is 71.0 Å². The van der Waals surface area contributed by atoms with Crippen LogP contribution in [0.4, 0.5) is 0 Å². The number of aliphatic imine (C=N–C) groups is 1. The Kier molecular flexibility index (Phi) is 8.58. The van der Waals surface area contributed by atoms with Crippen molar-refractivity contribution in [2.45, 2.75) is 32.4 Å². The average molecular weight is 389 g/mol. The molecule has 0 spiro atoms. The number of nitrogens with zero attached hydrogens (tertiary/aromatic N) is 3. The fraction of sp³-hybridized carbons (Fsp3) is 0.682. The van der Waals surface area contributed by atoms with Gasteiger partial charge in [0.05, 0.1) is 13.2 Å². The van der Waals surface area contributed by atoms with Crippen LogP contribution >= 0.6 is 0 Å². The third-order valence-electron chi connectivity index (χ3n) is 5.77. The third kappa shape index (κ3) is 6.76. The summed E-state index contributed by atoms with van der Waals surface area (Å²) in [5.74, 6) is 1.75. The summed E-state index contributed by atoms with van der Waals surface area (Å²) in [6, 6.07) is 8.92. The molecule has 0 atom stereocenters. The second-order valence-corrected chi connectivity index (χ2v) is 7.87. The summed E-state index contributed by atoms with van der Waals surface area (Å²) in [6.07, 6.45) is 3.59. The van der Waals surface area contributed by atoms with Crippen molar-refractivity contribution in [2.75, 3.05) is 60.2 Å². The standard InChI is InChI=1S/C22H36N4O2/c1-23-22(25(2)10-7-19-8-13-27-14-9-19)24-17-20-3-5-21(6-4-20)18-26-11-15-28-16-12-26/h3-6,19H,7-18H2,1-2H3,(H,23,24). The van der Waals surface area contributed by atoms with Gasteiger partial charge in [0.15, 0.2) is 5.96 Å². The molecule has 1 aromatic rings. The number of nitrogens with one attached hydrogen (secondary N) is 1. The first-order valence-electron chi connectivity index (χ1n) is 10.6. The number of ether oxygens (including phenoxy) is 2. The lowest BCUT2D eigenvalue weighted by atomic mass is 9.96. The van der Waals surface area contributed by atoms with E-state index in [0.29, 0.717) is 0 Å². The van der Waals surface area contributed by atoms with E-state index in [1.807, 2.05) is 7.05 Å². The fourth-order valence-corrected chi connectivity index (χ4v) is 3.86. The van der Waals surface area contributed by atoms with E-state index >= 15 is 0 Å². The molecule has 6 heteroatoms. The molecule has 2 saturated heterocycles. The highest BCUT2D eigenvalue weighted by Gasteiger charge is 2.15. The molecule has 0 bridgehead atoms. The van der Waals surface area contributed by atoms with E-state index in [9.17, 15) is 0 Å². The van der Waals surface area contributed by atoms with Gasteiger partial charge in [-0.25, -0.2) is 0 Å². The van der Waals surface area contributed by atoms with E-state index in [-0.39, 0.29) is 0 Å². The van der Waals surface area contributed by atoms with Crippen molar-refractivity contribution in [3.63, 3.8) is 0 Å². The van der Waals surface area contributed by atoms with Gasteiger partial charge in [0.2, 0.25) is 0 Å². The van der Waals surface area contributed by atoms with Crippen molar-refractivity contribution >= 4 is 5.96 Å². The Balaban J connectivity index is 1.41. The Morgan fingerprint density at radius 3 is 2.39 bits per heavy atom. The van der Waals surface area contributed by atoms with Crippen molar-refractivity contribution in [3.05, 3.63) is 35.4 Å². The van der Waals surface area contributed by atoms with Crippen LogP contribution in [0.25, 0.3) is 0 Å². The van der Waals surface area contributed by atoms with Crippen molar-refractivity contribution in [3.8, 4) is 0 Å². The summed E-state index contributed by atoms with van der Waals surface area (Å²) >= 11 is 0. The molecule has 2 aliphatic rings. The first-order valence-corrected chi connectivity index (χ1v) is 10.6. The quantitative estimate of drug-likeness (QED) is 0.574. The maximum absolute atomic E-state index is 5.46. The molecule has 1 aromatic carbocycles. The minimum Gasteiger partial charge on any atom is -0.381 e. The third-order valence-corrected chi connectivity index (χ3v) is 5.77. The summed E-state index contributed by atoms with van der Waals surface area (Å²) in [7, 11) is 3.98. The van der Waals surface area contributed by atoms with Crippen LogP contribution in [0.5, 0.6) is 0 Å². The topological polar surface area (TPSA) is 49.3 Å². The number of morpholine rings is 1. The largest absolute Gasteiger partial charge is 0.381 e. The number of hydrogen-bond acceptors (Lipinski definition) is 4. The summed E-state index contributed by atoms with van der Waals surface area (Å²) in [4.78, 5) is 9.14. The molecular formula is C22H36N4O2. The van der Waals surface area contributed by atoms with Crippen LogP contribution in [-0.4, -0.2) is 75.9 Å². The Bertz CT molecular complexity index is 593. The first-order chi connectivity index (χ1) is 13.7. The molecule has 0 aliphatic carbocycles. The molecule has 28 heavy (non-hydrogen) atoms. The summed E-state index contributed by atoms with van der Waals surface area (Å²) in [5, 5.41) is 3.50. The van der Waals surface area contributed by atoms with Gasteiger partial charge in [0.25, 0.3) is 0 Å². The van der Waals surface area contributed by atoms with Gasteiger partial charge in [-0.05, 0) is 36.3 Å². The minimum absolute atomic E-state index is 0.785. The van der Waals surface area contributed by atoms with Crippen molar-refractivity contribution < 1.29 is 9.47 Å². The molecule has 3 rings (SSSR count). The molecule has 0 aromatic heterocycles. The van der Waals surface area contributed by atoms with Crippen molar-refractivity contribution in [2.24, 2.45) is 10.9 Å². The maximum atomic E-state index is 5.46. The molecule has 0 saturated carbocycles. The van der Waals surface area contributed by atoms with Gasteiger partial charge in [-0.3, -0.25) is 9.89 Å². The zero-order chi connectivity index (χ0) is 19.6. The maximum Gasteiger partial charge on any atom is 0.193 e. The normalized spacial score (nSPS) is 19.6. The lowest BCUT2D eigenvalue weighted by Gasteiger charge is -2.27. The Morgan fingerprint density at radius 2 is 1.71 bits per heavy atom. The molecule has 0 radical (unpaired) electrons. The average Bonchev–Trinajstić information content (AvgIpc) is 2.75. The van der Waals surface area contributed by atoms with E-state index in [4.69, 9.17) is 9.47 Å². The predicted molar refractivity (Wildman–Crippen MR) is 114 cm³/mol. The molecule has 2 aliphatic heterocycles. The number of rotatable bonds is 7. The number of guanidine groups is 1. The fourth-order valence-electron chi connectivity index (χ4n) is 3.86. The molecule has 2 heterocycles. The highest BCUT2D eigenvalue weighted by Crippen LogP contribution is 2.18. The van der Waals surface area contributed by atoms with Gasteiger partial charge >= 0.3 is 0 Å². The van der Waals surface area contributed by atoms with Gasteiger partial charge < -0.3 is 19.7 Å². The molecule has 6 nitrogen and oxygen atoms in total. The smallest absolute Gasteiger partial charge is 0.193 e. The van der Waals surface area contributed by atoms with E-state index in [1.165, 1.54) is 30.4 Å².